The number of carbonyl (C=O) groups is 6. The molecule has 66 heavy (non-hydrogen) atoms. The number of anilines is 2. The average molecular weight is 931 g/mol. The van der Waals surface area contributed by atoms with Crippen molar-refractivity contribution in [1.82, 2.24) is 30.2 Å². The van der Waals surface area contributed by atoms with Crippen molar-refractivity contribution in [3.05, 3.63) is 100 Å². The number of unbranched alkanes of at least 4 members (excludes halogenated alkanes) is 2. The predicted molar refractivity (Wildman–Crippen MR) is 237 cm³/mol. The number of aromatic nitrogens is 4. The number of benzene rings is 2. The molecule has 2 bridgehead atoms. The van der Waals surface area contributed by atoms with Crippen LogP contribution in [0.5, 0.6) is 0 Å². The highest BCUT2D eigenvalue weighted by atomic mass is 31.2. The first-order chi connectivity index (χ1) is 31.7. The lowest BCUT2D eigenvalue weighted by Crippen LogP contribution is -2.45. The highest BCUT2D eigenvalue weighted by Gasteiger charge is 2.57. The van der Waals surface area contributed by atoms with Crippen molar-refractivity contribution in [1.29, 1.82) is 0 Å². The van der Waals surface area contributed by atoms with Crippen molar-refractivity contribution in [2.45, 2.75) is 83.6 Å². The van der Waals surface area contributed by atoms with Gasteiger partial charge in [-0.3, -0.25) is 57.5 Å². The third kappa shape index (κ3) is 12.4. The molecule has 1 fully saturated rings. The van der Waals surface area contributed by atoms with Crippen LogP contribution in [0.25, 0.3) is 11.2 Å². The van der Waals surface area contributed by atoms with Crippen LogP contribution >= 0.6 is 7.82 Å². The third-order valence-electron chi connectivity index (χ3n) is 10.9. The number of carboxylic acids is 2. The highest BCUT2D eigenvalue weighted by Crippen LogP contribution is 2.49. The molecule has 6 rings (SSSR count). The van der Waals surface area contributed by atoms with E-state index in [-0.39, 0.29) is 73.4 Å². The SMILES string of the molecule is CCOP(=O)(OCC)OCCCCCC(=O)C1C(C(=O)Nc2nc3ncc(CNc4ccc(C(=O)N[C@@H](CCC(=O)O)C(=O)O)cc4)nc3c(=O)[nH]2)[C@H]2C=CC(=O)[C@@H]1N2Cc1ccccc1. The van der Waals surface area contributed by atoms with Gasteiger partial charge >= 0.3 is 19.8 Å². The molecule has 0 aliphatic carbocycles. The molecule has 2 aliphatic rings. The van der Waals surface area contributed by atoms with E-state index in [0.717, 1.165) is 5.56 Å². The fourth-order valence-electron chi connectivity index (χ4n) is 7.91. The molecule has 2 amide bonds. The minimum atomic E-state index is -3.68. The molecule has 21 nitrogen and oxygen atoms in total. The van der Waals surface area contributed by atoms with Gasteiger partial charge in [0.2, 0.25) is 11.9 Å². The van der Waals surface area contributed by atoms with Gasteiger partial charge in [-0.2, -0.15) is 4.98 Å². The summed E-state index contributed by atoms with van der Waals surface area (Å²) in [6, 6.07) is 12.5. The van der Waals surface area contributed by atoms with E-state index >= 15 is 0 Å². The zero-order chi connectivity index (χ0) is 47.4. The number of amides is 2. The number of hydrogen-bond donors (Lipinski definition) is 6. The van der Waals surface area contributed by atoms with Gasteiger partial charge in [-0.1, -0.05) is 42.8 Å². The summed E-state index contributed by atoms with van der Waals surface area (Å²) in [5.41, 5.74) is 1.02. The molecule has 4 heterocycles. The number of rotatable bonds is 25. The summed E-state index contributed by atoms with van der Waals surface area (Å²) in [5.74, 6) is -6.73. The van der Waals surface area contributed by atoms with Crippen LogP contribution in [-0.4, -0.2) is 108 Å². The van der Waals surface area contributed by atoms with Crippen LogP contribution in [0.3, 0.4) is 0 Å². The Labute approximate surface area is 378 Å². The Kier molecular flexibility index (Phi) is 16.8. The number of aliphatic carboxylic acids is 2. The summed E-state index contributed by atoms with van der Waals surface area (Å²) in [6.45, 7) is 4.11. The zero-order valence-electron chi connectivity index (χ0n) is 36.2. The van der Waals surface area contributed by atoms with Gasteiger partial charge in [-0.05, 0) is 69.0 Å². The van der Waals surface area contributed by atoms with E-state index in [0.29, 0.717) is 37.2 Å². The van der Waals surface area contributed by atoms with Crippen LogP contribution in [0.1, 0.15) is 74.0 Å². The first-order valence-corrected chi connectivity index (χ1v) is 22.9. The Morgan fingerprint density at radius 1 is 0.894 bits per heavy atom. The van der Waals surface area contributed by atoms with Gasteiger partial charge in [0.1, 0.15) is 11.8 Å². The molecule has 1 saturated heterocycles. The van der Waals surface area contributed by atoms with Crippen molar-refractivity contribution in [3.8, 4) is 0 Å². The second kappa shape index (κ2) is 22.6. The number of fused-ring (bicyclic) bond motifs is 3. The lowest BCUT2D eigenvalue weighted by atomic mass is 9.82. The van der Waals surface area contributed by atoms with E-state index in [1.807, 2.05) is 35.2 Å². The molecule has 2 unspecified atom stereocenters. The van der Waals surface area contributed by atoms with Gasteiger partial charge in [0, 0.05) is 36.7 Å². The molecule has 6 N–H and O–H groups in total. The van der Waals surface area contributed by atoms with Crippen LogP contribution in [0.4, 0.5) is 11.6 Å². The maximum Gasteiger partial charge on any atom is 0.474 e. The molecule has 2 aliphatic heterocycles. The van der Waals surface area contributed by atoms with Crippen LogP contribution in [0, 0.1) is 11.8 Å². The van der Waals surface area contributed by atoms with E-state index < -0.39 is 73.5 Å². The first kappa shape index (κ1) is 48.9. The standard InChI is InChI=1S/C44H51N8O13P/c1-3-63-66(62,64-4-2)65-22-10-6-9-13-32(53)36-35(31-19-20-33(54)38(36)52(31)25-26-11-7-5-8-12-26)41(58)50-44-49-39-37(42(59)51-44)47-29(24-46-39)23-45-28-16-14-27(15-17-28)40(57)48-30(43(60)61)18-21-34(55)56/h5,7-8,11-12,14-17,19-20,24,30-31,35-36,38,45H,3-4,6,9-10,13,18,21-23,25H2,1-2H3,(H,48,57)(H,55,56)(H,60,61)(H2,46,49,50,51,58,59)/t30-,31+,35?,36?,38-/m0/s1. The van der Waals surface area contributed by atoms with E-state index in [1.54, 1.807) is 32.1 Å². The second-order valence-electron chi connectivity index (χ2n) is 15.5. The Balaban J connectivity index is 1.12. The Bertz CT molecular complexity index is 2550. The number of carboxylic acid groups (broad SMARTS) is 2. The van der Waals surface area contributed by atoms with Crippen molar-refractivity contribution >= 4 is 65.9 Å². The molecule has 2 aromatic heterocycles. The van der Waals surface area contributed by atoms with Crippen LogP contribution in [0.2, 0.25) is 0 Å². The summed E-state index contributed by atoms with van der Waals surface area (Å²) in [5, 5.41) is 26.3. The summed E-state index contributed by atoms with van der Waals surface area (Å²) in [4.78, 5) is 108. The number of ketones is 2. The maximum atomic E-state index is 14.3. The van der Waals surface area contributed by atoms with Crippen molar-refractivity contribution in [2.75, 3.05) is 30.5 Å². The van der Waals surface area contributed by atoms with Gasteiger partial charge in [-0.15, -0.1) is 0 Å². The van der Waals surface area contributed by atoms with E-state index in [2.05, 4.69) is 35.9 Å². The quantitative estimate of drug-likeness (QED) is 0.0399. The second-order valence-corrected chi connectivity index (χ2v) is 17.1. The number of phosphoric ester groups is 1. The summed E-state index contributed by atoms with van der Waals surface area (Å²) >= 11 is 0. The van der Waals surface area contributed by atoms with Crippen molar-refractivity contribution in [3.63, 3.8) is 0 Å². The molecule has 2 aromatic carbocycles. The Hall–Kier alpha value is -6.51. The minimum absolute atomic E-state index is 0.0611. The number of hydrogen-bond acceptors (Lipinski definition) is 16. The zero-order valence-corrected chi connectivity index (χ0v) is 37.1. The normalized spacial score (nSPS) is 18.5. The van der Waals surface area contributed by atoms with E-state index in [1.165, 1.54) is 24.4 Å². The Morgan fingerprint density at radius 2 is 1.62 bits per heavy atom. The first-order valence-electron chi connectivity index (χ1n) is 21.4. The third-order valence-corrected chi connectivity index (χ3v) is 12.6. The molecule has 0 radical (unpaired) electrons. The van der Waals surface area contributed by atoms with E-state index in [4.69, 9.17) is 18.7 Å². The fourth-order valence-corrected chi connectivity index (χ4v) is 9.12. The number of phosphoric acid groups is 1. The number of nitrogens with zero attached hydrogens (tertiary/aromatic N) is 4. The van der Waals surface area contributed by atoms with Crippen LogP contribution in [0.15, 0.2) is 77.7 Å². The van der Waals surface area contributed by atoms with Gasteiger partial charge < -0.3 is 20.8 Å². The number of carbonyl (C=O) groups excluding carboxylic acids is 4. The topological polar surface area (TPSA) is 298 Å². The summed E-state index contributed by atoms with van der Waals surface area (Å²) in [6.07, 6.45) is 5.17. The molecule has 22 heteroatoms. The molecular weight excluding hydrogens is 880 g/mol. The van der Waals surface area contributed by atoms with Crippen molar-refractivity contribution in [2.24, 2.45) is 11.8 Å². The molecule has 5 atom stereocenters. The van der Waals surface area contributed by atoms with Gasteiger partial charge in [-0.25, -0.2) is 19.3 Å². The molecule has 4 aromatic rings. The largest absolute Gasteiger partial charge is 0.481 e. The maximum absolute atomic E-state index is 14.3. The van der Waals surface area contributed by atoms with Gasteiger partial charge in [0.05, 0.1) is 56.1 Å². The Morgan fingerprint density at radius 3 is 2.30 bits per heavy atom. The number of nitrogens with one attached hydrogen (secondary N) is 4. The van der Waals surface area contributed by atoms with Gasteiger partial charge in [0.15, 0.2) is 16.9 Å². The summed E-state index contributed by atoms with van der Waals surface area (Å²) in [7, 11) is -3.68. The highest BCUT2D eigenvalue weighted by molar-refractivity contribution is 7.48. The minimum Gasteiger partial charge on any atom is -0.481 e. The number of aromatic amines is 1. The number of H-pyrrole nitrogens is 1. The molecule has 350 valence electrons. The molecule has 0 saturated carbocycles. The lowest BCUT2D eigenvalue weighted by molar-refractivity contribution is -0.140. The predicted octanol–water partition coefficient (Wildman–Crippen LogP) is 4.26. The fraction of sp³-hybridized carbons (Fsp3) is 0.409. The van der Waals surface area contributed by atoms with Crippen LogP contribution in [-0.2, 0) is 55.2 Å². The molecular formula is C44H51N8O13P. The average Bonchev–Trinajstić information content (AvgIpc) is 3.52. The lowest BCUT2D eigenvalue weighted by Gasteiger charge is -2.31. The smallest absolute Gasteiger partial charge is 0.474 e. The van der Waals surface area contributed by atoms with Gasteiger partial charge in [0.25, 0.3) is 11.5 Å². The monoisotopic (exact) mass is 930 g/mol. The molecule has 0 spiro atoms. The summed E-state index contributed by atoms with van der Waals surface area (Å²) < 4.78 is 28.4. The number of Topliss-reactive ketones (excluding diaryl/α,β-unsaturated/α-hetero) is 1. The van der Waals surface area contributed by atoms with Crippen LogP contribution < -0.4 is 21.5 Å². The van der Waals surface area contributed by atoms with Crippen molar-refractivity contribution < 1.29 is 57.1 Å². The van der Waals surface area contributed by atoms with E-state index in [9.17, 15) is 43.2 Å².